The number of nitrogens with one attached hydrogen (secondary N) is 1. The van der Waals surface area contributed by atoms with Crippen molar-refractivity contribution in [3.05, 3.63) is 71.5 Å². The van der Waals surface area contributed by atoms with Gasteiger partial charge in [0.15, 0.2) is 5.75 Å². The van der Waals surface area contributed by atoms with Crippen LogP contribution in [0.3, 0.4) is 0 Å². The Morgan fingerprint density at radius 2 is 1.97 bits per heavy atom. The largest absolute Gasteiger partial charge is 0.422 e. The molecule has 0 amide bonds. The van der Waals surface area contributed by atoms with Gasteiger partial charge in [0.25, 0.3) is 5.56 Å². The zero-order valence-corrected chi connectivity index (χ0v) is 17.8. The van der Waals surface area contributed by atoms with E-state index in [2.05, 4.69) is 20.1 Å². The minimum Gasteiger partial charge on any atom is -0.422 e. The van der Waals surface area contributed by atoms with Gasteiger partial charge in [-0.3, -0.25) is 19.4 Å². The predicted molar refractivity (Wildman–Crippen MR) is 116 cm³/mol. The van der Waals surface area contributed by atoms with Gasteiger partial charge in [-0.15, -0.1) is 0 Å². The Kier molecular flexibility index (Phi) is 5.19. The number of piperidine rings is 1. The van der Waals surface area contributed by atoms with Crippen LogP contribution in [0, 0.1) is 0 Å². The summed E-state index contributed by atoms with van der Waals surface area (Å²) in [6.07, 6.45) is 7.72. The lowest BCUT2D eigenvalue weighted by Gasteiger charge is -2.32. The Balaban J connectivity index is 1.34. The van der Waals surface area contributed by atoms with Crippen molar-refractivity contribution in [2.45, 2.75) is 23.8 Å². The van der Waals surface area contributed by atoms with E-state index in [0.29, 0.717) is 29.7 Å². The average molecular weight is 452 g/mol. The minimum atomic E-state index is -3.56. The van der Waals surface area contributed by atoms with E-state index in [0.717, 1.165) is 12.8 Å². The number of aromatic nitrogens is 5. The van der Waals surface area contributed by atoms with Crippen LogP contribution in [0.1, 0.15) is 18.9 Å². The maximum absolute atomic E-state index is 13.0. The molecule has 10 nitrogen and oxygen atoms in total. The maximum Gasteiger partial charge on any atom is 0.302 e. The monoisotopic (exact) mass is 452 g/mol. The Hall–Kier alpha value is -3.57. The first-order valence-electron chi connectivity index (χ1n) is 10.1. The molecule has 3 aromatic heterocycles. The van der Waals surface area contributed by atoms with Gasteiger partial charge >= 0.3 is 6.01 Å². The molecular weight excluding hydrogens is 432 g/mol. The van der Waals surface area contributed by atoms with Crippen molar-refractivity contribution >= 4 is 20.9 Å². The quantitative estimate of drug-likeness (QED) is 0.493. The summed E-state index contributed by atoms with van der Waals surface area (Å²) in [6, 6.07) is 9.91. The molecule has 1 fully saturated rings. The molecule has 11 heteroatoms. The summed E-state index contributed by atoms with van der Waals surface area (Å²) in [7, 11) is -3.56. The Bertz CT molecular complexity index is 1420. The summed E-state index contributed by atoms with van der Waals surface area (Å²) in [5.41, 5.74) is 0.0986. The van der Waals surface area contributed by atoms with E-state index in [1.165, 1.54) is 22.9 Å². The number of rotatable bonds is 5. The number of aromatic amines is 1. The van der Waals surface area contributed by atoms with Gasteiger partial charge in [0.1, 0.15) is 0 Å². The van der Waals surface area contributed by atoms with E-state index in [9.17, 15) is 13.2 Å². The van der Waals surface area contributed by atoms with Gasteiger partial charge in [0, 0.05) is 19.3 Å². The Morgan fingerprint density at radius 1 is 1.12 bits per heavy atom. The van der Waals surface area contributed by atoms with Crippen LogP contribution in [0.5, 0.6) is 11.8 Å². The van der Waals surface area contributed by atoms with Crippen LogP contribution in [-0.4, -0.2) is 50.5 Å². The lowest BCUT2D eigenvalue weighted by Crippen LogP contribution is -2.40. The molecule has 1 atom stereocenters. The number of hydrogen-bond donors (Lipinski definition) is 1. The highest BCUT2D eigenvalue weighted by Crippen LogP contribution is 2.28. The molecule has 0 saturated carbocycles. The molecule has 0 radical (unpaired) electrons. The third kappa shape index (κ3) is 3.87. The maximum atomic E-state index is 13.0. The first kappa shape index (κ1) is 20.3. The lowest BCUT2D eigenvalue weighted by atomic mass is 10.1. The van der Waals surface area contributed by atoms with E-state index < -0.39 is 10.0 Å². The molecule has 164 valence electrons. The van der Waals surface area contributed by atoms with Gasteiger partial charge in [0.05, 0.1) is 40.4 Å². The van der Waals surface area contributed by atoms with Crippen LogP contribution >= 0.6 is 0 Å². The van der Waals surface area contributed by atoms with Crippen LogP contribution in [0.15, 0.2) is 70.9 Å². The third-order valence-electron chi connectivity index (χ3n) is 5.39. The highest BCUT2D eigenvalue weighted by atomic mass is 32.2. The number of nitrogens with zero attached hydrogens (tertiary/aromatic N) is 5. The van der Waals surface area contributed by atoms with E-state index >= 15 is 0 Å². The van der Waals surface area contributed by atoms with Gasteiger partial charge in [-0.2, -0.15) is 14.4 Å². The summed E-state index contributed by atoms with van der Waals surface area (Å²) in [6.45, 7) is 0.781. The molecule has 4 heterocycles. The summed E-state index contributed by atoms with van der Waals surface area (Å²) in [5.74, 6) is 0.388. The molecule has 0 aliphatic carbocycles. The van der Waals surface area contributed by atoms with Crippen molar-refractivity contribution < 1.29 is 13.2 Å². The molecule has 1 aromatic carbocycles. The molecule has 1 saturated heterocycles. The normalized spacial score (nSPS) is 17.4. The number of H-pyrrole nitrogens is 1. The molecular formula is C21H20N6O4S. The number of ether oxygens (including phenoxy) is 1. The van der Waals surface area contributed by atoms with Crippen molar-refractivity contribution in [2.24, 2.45) is 0 Å². The summed E-state index contributed by atoms with van der Waals surface area (Å²) in [5, 5.41) is 4.77. The third-order valence-corrected chi connectivity index (χ3v) is 7.27. The summed E-state index contributed by atoms with van der Waals surface area (Å²) >= 11 is 0. The zero-order valence-electron chi connectivity index (χ0n) is 17.0. The van der Waals surface area contributed by atoms with Crippen LogP contribution < -0.4 is 10.3 Å². The second-order valence-electron chi connectivity index (χ2n) is 7.49. The first-order chi connectivity index (χ1) is 15.5. The first-order valence-corrected chi connectivity index (χ1v) is 11.6. The van der Waals surface area contributed by atoms with Crippen LogP contribution in [-0.2, 0) is 10.0 Å². The van der Waals surface area contributed by atoms with Crippen molar-refractivity contribution in [1.29, 1.82) is 0 Å². The Labute approximate surface area is 183 Å². The molecule has 5 rings (SSSR count). The topological polar surface area (TPSA) is 123 Å². The number of fused-ring (bicyclic) bond motifs is 1. The van der Waals surface area contributed by atoms with Gasteiger partial charge in [-0.25, -0.2) is 8.42 Å². The number of hydrogen-bond acceptors (Lipinski definition) is 7. The highest BCUT2D eigenvalue weighted by Gasteiger charge is 2.31. The number of sulfonamides is 1. The summed E-state index contributed by atoms with van der Waals surface area (Å²) < 4.78 is 34.8. The summed E-state index contributed by atoms with van der Waals surface area (Å²) in [4.78, 5) is 23.3. The van der Waals surface area contributed by atoms with Gasteiger partial charge < -0.3 is 4.74 Å². The second kappa shape index (κ2) is 8.17. The van der Waals surface area contributed by atoms with Crippen molar-refractivity contribution in [3.63, 3.8) is 0 Å². The van der Waals surface area contributed by atoms with Crippen LogP contribution in [0.25, 0.3) is 10.9 Å². The fraction of sp³-hybridized carbons (Fsp3) is 0.238. The van der Waals surface area contributed by atoms with Crippen LogP contribution in [0.2, 0.25) is 0 Å². The fourth-order valence-corrected chi connectivity index (χ4v) is 5.34. The molecule has 4 aromatic rings. The van der Waals surface area contributed by atoms with Gasteiger partial charge in [-0.05, 0) is 31.0 Å². The number of pyridine rings is 1. The standard InChI is InChI=1S/C21H20N6O4S/c28-20-18-8-9-22-12-19(18)24-21(25-20)31-16-11-23-27(14-16)15-5-4-10-26(13-15)32(29,30)17-6-2-1-3-7-17/h1-3,6-9,11-12,14-15H,4-5,10,13H2,(H,24,25,28). The lowest BCUT2D eigenvalue weighted by molar-refractivity contribution is 0.253. The van der Waals surface area contributed by atoms with Gasteiger partial charge in [0.2, 0.25) is 10.0 Å². The van der Waals surface area contributed by atoms with E-state index in [-0.39, 0.29) is 22.5 Å². The predicted octanol–water partition coefficient (Wildman–Crippen LogP) is 2.33. The molecule has 1 aliphatic rings. The SMILES string of the molecule is O=c1[nH]c(Oc2cnn(C3CCCN(S(=O)(=O)c4ccccc4)C3)c2)nc2cnccc12. The van der Waals surface area contributed by atoms with Crippen molar-refractivity contribution in [2.75, 3.05) is 13.1 Å². The molecule has 0 bridgehead atoms. The highest BCUT2D eigenvalue weighted by molar-refractivity contribution is 7.89. The minimum absolute atomic E-state index is 0.0342. The second-order valence-corrected chi connectivity index (χ2v) is 9.43. The molecule has 32 heavy (non-hydrogen) atoms. The molecule has 1 aliphatic heterocycles. The van der Waals surface area contributed by atoms with Crippen molar-refractivity contribution in [3.8, 4) is 11.8 Å². The fourth-order valence-electron chi connectivity index (χ4n) is 3.80. The smallest absolute Gasteiger partial charge is 0.302 e. The molecule has 1 unspecified atom stereocenters. The van der Waals surface area contributed by atoms with E-state index in [4.69, 9.17) is 4.74 Å². The average Bonchev–Trinajstić information content (AvgIpc) is 3.28. The zero-order chi connectivity index (χ0) is 22.1. The van der Waals surface area contributed by atoms with E-state index in [1.807, 2.05) is 0 Å². The van der Waals surface area contributed by atoms with E-state index in [1.54, 1.807) is 47.3 Å². The number of benzene rings is 1. The van der Waals surface area contributed by atoms with Crippen molar-refractivity contribution in [1.82, 2.24) is 29.0 Å². The molecule has 1 N–H and O–H groups in total. The van der Waals surface area contributed by atoms with Crippen LogP contribution in [0.4, 0.5) is 0 Å². The Morgan fingerprint density at radius 3 is 2.81 bits per heavy atom. The molecule has 0 spiro atoms. The van der Waals surface area contributed by atoms with Gasteiger partial charge in [-0.1, -0.05) is 18.2 Å².